The second kappa shape index (κ2) is 12.8. The molecule has 3 aliphatic rings. The fourth-order valence-electron chi connectivity index (χ4n) is 6.92. The molecule has 3 fully saturated rings. The molecule has 2 aliphatic carbocycles. The van der Waals surface area contributed by atoms with Crippen molar-refractivity contribution in [3.05, 3.63) is 35.9 Å². The molecular weight excluding hydrogens is 572 g/mol. The number of alkyl carbamates (subject to hydrolysis) is 1. The second-order valence-electron chi connectivity index (χ2n) is 15.8. The van der Waals surface area contributed by atoms with Crippen molar-refractivity contribution in [2.75, 3.05) is 13.1 Å². The van der Waals surface area contributed by atoms with E-state index in [0.29, 0.717) is 31.8 Å². The topological polar surface area (TPSA) is 134 Å². The SMILES string of the molecule is CCCC(NC(=O)C1C2C(CN1C(=O)C(NC(=O)OC(C)(C)C)C(C)(C)C)C2(C)C)C(=O)C(=O)NCC1CC1c1ccccc1. The van der Waals surface area contributed by atoms with Gasteiger partial charge in [-0.3, -0.25) is 19.2 Å². The van der Waals surface area contributed by atoms with Gasteiger partial charge in [-0.15, -0.1) is 0 Å². The summed E-state index contributed by atoms with van der Waals surface area (Å²) < 4.78 is 5.43. The Morgan fingerprint density at radius 3 is 2.22 bits per heavy atom. The molecule has 3 N–H and O–H groups in total. The van der Waals surface area contributed by atoms with Gasteiger partial charge in [0.05, 0.1) is 6.04 Å². The number of Topliss-reactive ketones (excluding diaryl/α,β-unsaturated/α-hetero) is 1. The summed E-state index contributed by atoms with van der Waals surface area (Å²) in [6.07, 6.45) is 1.13. The summed E-state index contributed by atoms with van der Waals surface area (Å²) in [7, 11) is 0. The average molecular weight is 625 g/mol. The zero-order chi connectivity index (χ0) is 33.5. The highest BCUT2D eigenvalue weighted by Crippen LogP contribution is 2.65. The number of ether oxygens (including phenoxy) is 1. The van der Waals surface area contributed by atoms with Crippen molar-refractivity contribution in [1.82, 2.24) is 20.9 Å². The number of likely N-dealkylation sites (tertiary alicyclic amines) is 1. The van der Waals surface area contributed by atoms with Crippen LogP contribution in [-0.2, 0) is 23.9 Å². The summed E-state index contributed by atoms with van der Waals surface area (Å²) in [4.78, 5) is 68.6. The molecule has 0 spiro atoms. The minimum absolute atomic E-state index is 0.0976. The van der Waals surface area contributed by atoms with E-state index in [-0.39, 0.29) is 29.1 Å². The van der Waals surface area contributed by atoms with Gasteiger partial charge in [-0.2, -0.15) is 0 Å². The van der Waals surface area contributed by atoms with Crippen molar-refractivity contribution >= 4 is 29.6 Å². The van der Waals surface area contributed by atoms with Gasteiger partial charge in [0, 0.05) is 13.1 Å². The van der Waals surface area contributed by atoms with Gasteiger partial charge in [0.15, 0.2) is 0 Å². The van der Waals surface area contributed by atoms with Gasteiger partial charge in [0.25, 0.3) is 5.91 Å². The van der Waals surface area contributed by atoms with Crippen LogP contribution in [0.2, 0.25) is 0 Å². The maximum Gasteiger partial charge on any atom is 0.408 e. The lowest BCUT2D eigenvalue weighted by Crippen LogP contribution is -2.60. The van der Waals surface area contributed by atoms with Crippen LogP contribution in [0.25, 0.3) is 0 Å². The molecule has 0 aromatic heterocycles. The van der Waals surface area contributed by atoms with Gasteiger partial charge in [-0.05, 0) is 73.7 Å². The maximum atomic E-state index is 14.1. The zero-order valence-electron chi connectivity index (χ0n) is 28.4. The number of ketones is 1. The number of nitrogens with zero attached hydrogens (tertiary/aromatic N) is 1. The van der Waals surface area contributed by atoms with E-state index in [2.05, 4.69) is 41.9 Å². The van der Waals surface area contributed by atoms with Crippen LogP contribution in [0.4, 0.5) is 4.79 Å². The fourth-order valence-corrected chi connectivity index (χ4v) is 6.92. The Balaban J connectivity index is 1.44. The highest BCUT2D eigenvalue weighted by Gasteiger charge is 2.70. The van der Waals surface area contributed by atoms with Crippen LogP contribution in [-0.4, -0.2) is 71.3 Å². The van der Waals surface area contributed by atoms with Crippen molar-refractivity contribution in [2.24, 2.45) is 28.6 Å². The molecule has 1 aromatic rings. The predicted molar refractivity (Wildman–Crippen MR) is 171 cm³/mol. The number of benzene rings is 1. The molecule has 248 valence electrons. The first-order chi connectivity index (χ1) is 20.9. The molecular formula is C35H52N4O6. The summed E-state index contributed by atoms with van der Waals surface area (Å²) in [5.74, 6) is -1.54. The maximum absolute atomic E-state index is 14.1. The van der Waals surface area contributed by atoms with Crippen molar-refractivity contribution < 1.29 is 28.7 Å². The van der Waals surface area contributed by atoms with Crippen LogP contribution in [0.15, 0.2) is 30.3 Å². The molecule has 1 aliphatic heterocycles. The zero-order valence-corrected chi connectivity index (χ0v) is 28.4. The Labute approximate surface area is 267 Å². The quantitative estimate of drug-likeness (QED) is 0.317. The number of hydrogen-bond donors (Lipinski definition) is 3. The Morgan fingerprint density at radius 2 is 1.64 bits per heavy atom. The van der Waals surface area contributed by atoms with Gasteiger partial charge < -0.3 is 25.6 Å². The molecule has 45 heavy (non-hydrogen) atoms. The molecule has 0 bridgehead atoms. The van der Waals surface area contributed by atoms with Gasteiger partial charge >= 0.3 is 6.09 Å². The van der Waals surface area contributed by atoms with E-state index >= 15 is 0 Å². The number of carbonyl (C=O) groups is 5. The lowest BCUT2D eigenvalue weighted by atomic mass is 9.85. The molecule has 1 aromatic carbocycles. The highest BCUT2D eigenvalue weighted by atomic mass is 16.6. The normalized spacial score (nSPS) is 26.2. The minimum atomic E-state index is -0.997. The number of fused-ring (bicyclic) bond motifs is 1. The van der Waals surface area contributed by atoms with E-state index in [0.717, 1.165) is 6.42 Å². The molecule has 4 rings (SSSR count). The number of rotatable bonds is 11. The van der Waals surface area contributed by atoms with Crippen LogP contribution in [0, 0.1) is 28.6 Å². The molecule has 10 heteroatoms. The number of amides is 4. The second-order valence-corrected chi connectivity index (χ2v) is 15.8. The first kappa shape index (κ1) is 34.4. The van der Waals surface area contributed by atoms with Crippen LogP contribution in [0.3, 0.4) is 0 Å². The van der Waals surface area contributed by atoms with E-state index in [1.807, 2.05) is 45.9 Å². The summed E-state index contributed by atoms with van der Waals surface area (Å²) in [5, 5.41) is 8.39. The van der Waals surface area contributed by atoms with Crippen LogP contribution < -0.4 is 16.0 Å². The highest BCUT2D eigenvalue weighted by molar-refractivity contribution is 6.38. The Hall–Kier alpha value is -3.43. The fraction of sp³-hybridized carbons (Fsp3) is 0.686. The standard InChI is InChI=1S/C35H52N4O6/c1-10-14-24(27(40)30(42)36-18-21-17-22(21)20-15-12-11-13-16-20)37-29(41)26-25-23(35(25,8)9)19-39(26)31(43)28(33(2,3)4)38-32(44)45-34(5,6)7/h11-13,15-16,21-26,28H,10,14,17-19H2,1-9H3,(H,36,42)(H,37,41)(H,38,44). The molecule has 7 atom stereocenters. The summed E-state index contributed by atoms with van der Waals surface area (Å²) >= 11 is 0. The van der Waals surface area contributed by atoms with Crippen molar-refractivity contribution in [3.8, 4) is 0 Å². The number of hydrogen-bond acceptors (Lipinski definition) is 6. The summed E-state index contributed by atoms with van der Waals surface area (Å²) in [6, 6.07) is 7.35. The van der Waals surface area contributed by atoms with Gasteiger partial charge in [0.1, 0.15) is 17.7 Å². The molecule has 1 heterocycles. The van der Waals surface area contributed by atoms with Crippen LogP contribution >= 0.6 is 0 Å². The number of carbonyl (C=O) groups excluding carboxylic acids is 5. The predicted octanol–water partition coefficient (Wildman–Crippen LogP) is 4.18. The lowest BCUT2D eigenvalue weighted by Gasteiger charge is -2.38. The third-order valence-corrected chi connectivity index (χ3v) is 9.64. The molecule has 4 amide bonds. The third-order valence-electron chi connectivity index (χ3n) is 9.64. The van der Waals surface area contributed by atoms with E-state index in [1.54, 1.807) is 25.7 Å². The van der Waals surface area contributed by atoms with Gasteiger partial charge in [-0.1, -0.05) is 78.3 Å². The van der Waals surface area contributed by atoms with E-state index in [1.165, 1.54) is 5.56 Å². The van der Waals surface area contributed by atoms with E-state index < -0.39 is 52.8 Å². The lowest BCUT2D eigenvalue weighted by molar-refractivity contribution is -0.145. The molecule has 2 saturated carbocycles. The van der Waals surface area contributed by atoms with Crippen LogP contribution in [0.5, 0.6) is 0 Å². The third kappa shape index (κ3) is 7.87. The van der Waals surface area contributed by atoms with Crippen molar-refractivity contribution in [3.63, 3.8) is 0 Å². The van der Waals surface area contributed by atoms with E-state index in [4.69, 9.17) is 4.74 Å². The Bertz CT molecular complexity index is 1300. The Kier molecular flexibility index (Phi) is 9.76. The summed E-state index contributed by atoms with van der Waals surface area (Å²) in [5.41, 5.74) is -0.342. The number of nitrogens with one attached hydrogen (secondary N) is 3. The van der Waals surface area contributed by atoms with Gasteiger partial charge in [0.2, 0.25) is 17.6 Å². The van der Waals surface area contributed by atoms with Crippen LogP contribution in [0.1, 0.15) is 93.1 Å². The molecule has 1 saturated heterocycles. The van der Waals surface area contributed by atoms with Crippen molar-refractivity contribution in [2.45, 2.75) is 111 Å². The molecule has 10 nitrogen and oxygen atoms in total. The molecule has 7 unspecified atom stereocenters. The first-order valence-corrected chi connectivity index (χ1v) is 16.3. The largest absolute Gasteiger partial charge is 0.444 e. The van der Waals surface area contributed by atoms with Gasteiger partial charge in [-0.25, -0.2) is 4.79 Å². The van der Waals surface area contributed by atoms with E-state index in [9.17, 15) is 24.0 Å². The summed E-state index contributed by atoms with van der Waals surface area (Å²) in [6.45, 7) is 17.6. The monoisotopic (exact) mass is 624 g/mol. The molecule has 0 radical (unpaired) electrons. The smallest absolute Gasteiger partial charge is 0.408 e. The van der Waals surface area contributed by atoms with Crippen molar-refractivity contribution in [1.29, 1.82) is 0 Å². The average Bonchev–Trinajstić information content (AvgIpc) is 3.76. The minimum Gasteiger partial charge on any atom is -0.444 e. The number of piperidine rings is 1. The Morgan fingerprint density at radius 1 is 1.00 bits per heavy atom. The first-order valence-electron chi connectivity index (χ1n) is 16.3.